The first-order chi connectivity index (χ1) is 20.0. The molecule has 0 spiro atoms. The van der Waals surface area contributed by atoms with Crippen LogP contribution in [0.15, 0.2) is 52.5 Å². The topological polar surface area (TPSA) is 98.2 Å². The molecule has 8 nitrogen and oxygen atoms in total. The molecule has 0 aromatic heterocycles. The van der Waals surface area contributed by atoms with Crippen LogP contribution in [0, 0.1) is 11.8 Å². The molecule has 2 amide bonds. The second-order valence-corrected chi connectivity index (χ2v) is 12.1. The predicted octanol–water partition coefficient (Wildman–Crippen LogP) is 8.43. The summed E-state index contributed by atoms with van der Waals surface area (Å²) in [5, 5.41) is 9.73. The molecule has 2 aromatic rings. The minimum atomic E-state index is -0.566. The summed E-state index contributed by atoms with van der Waals surface area (Å²) in [6, 6.07) is 13.4. The van der Waals surface area contributed by atoms with Gasteiger partial charge in [-0.3, -0.25) is 10.1 Å². The maximum absolute atomic E-state index is 12.9. The number of amides is 2. The monoisotopic (exact) mass is 579 g/mol. The molecule has 2 saturated carbocycles. The van der Waals surface area contributed by atoms with Gasteiger partial charge in [-0.15, -0.1) is 0 Å². The molecular formula is C32H41N3O5S. The SMILES string of the molecule is CC(=O)Nc1ccc(SON=CCCCOc2ccc3c(c2)C(C2CCCCC2)(C2CCCCC2)OC(=O)N3)cc1. The molecule has 2 aromatic carbocycles. The van der Waals surface area contributed by atoms with E-state index in [1.807, 2.05) is 36.4 Å². The minimum absolute atomic E-state index is 0.101. The van der Waals surface area contributed by atoms with Gasteiger partial charge in [-0.05, 0) is 81.0 Å². The molecule has 0 bridgehead atoms. The maximum Gasteiger partial charge on any atom is 0.412 e. The molecule has 1 aliphatic heterocycles. The lowest BCUT2D eigenvalue weighted by Crippen LogP contribution is -2.51. The van der Waals surface area contributed by atoms with Gasteiger partial charge in [0.2, 0.25) is 5.91 Å². The lowest BCUT2D eigenvalue weighted by Gasteiger charge is -2.50. The summed E-state index contributed by atoms with van der Waals surface area (Å²) < 4.78 is 17.9. The van der Waals surface area contributed by atoms with E-state index < -0.39 is 5.60 Å². The van der Waals surface area contributed by atoms with Gasteiger partial charge in [0.25, 0.3) is 0 Å². The van der Waals surface area contributed by atoms with Crippen molar-refractivity contribution in [1.82, 2.24) is 0 Å². The number of cyclic esters (lactones) is 1. The van der Waals surface area contributed by atoms with E-state index in [9.17, 15) is 9.59 Å². The van der Waals surface area contributed by atoms with Crippen molar-refractivity contribution in [2.24, 2.45) is 17.0 Å². The largest absolute Gasteiger partial charge is 0.494 e. The molecule has 1 heterocycles. The van der Waals surface area contributed by atoms with Crippen LogP contribution >= 0.6 is 12.0 Å². The van der Waals surface area contributed by atoms with E-state index in [0.717, 1.165) is 78.2 Å². The van der Waals surface area contributed by atoms with E-state index in [4.69, 9.17) is 13.8 Å². The predicted molar refractivity (Wildman–Crippen MR) is 162 cm³/mol. The van der Waals surface area contributed by atoms with Crippen molar-refractivity contribution >= 4 is 41.6 Å². The summed E-state index contributed by atoms with van der Waals surface area (Å²) >= 11 is 1.16. The Hall–Kier alpha value is -3.20. The van der Waals surface area contributed by atoms with Crippen molar-refractivity contribution in [2.75, 3.05) is 17.2 Å². The molecule has 41 heavy (non-hydrogen) atoms. The Morgan fingerprint density at radius 3 is 2.39 bits per heavy atom. The number of anilines is 2. The second kappa shape index (κ2) is 14.1. The van der Waals surface area contributed by atoms with Gasteiger partial charge in [0.05, 0.1) is 17.2 Å². The van der Waals surface area contributed by atoms with E-state index in [0.29, 0.717) is 18.4 Å². The van der Waals surface area contributed by atoms with Gasteiger partial charge in [-0.1, -0.05) is 43.7 Å². The van der Waals surface area contributed by atoms with Crippen molar-refractivity contribution < 1.29 is 23.3 Å². The van der Waals surface area contributed by atoms with E-state index in [2.05, 4.69) is 21.9 Å². The van der Waals surface area contributed by atoms with Crippen LogP contribution in [0.1, 0.15) is 89.5 Å². The van der Waals surface area contributed by atoms with Crippen LogP contribution in [-0.2, 0) is 19.4 Å². The Labute approximate surface area is 247 Å². The second-order valence-electron chi connectivity index (χ2n) is 11.3. The van der Waals surface area contributed by atoms with E-state index in [-0.39, 0.29) is 12.0 Å². The summed E-state index contributed by atoms with van der Waals surface area (Å²) in [5.74, 6) is 1.41. The van der Waals surface area contributed by atoms with Crippen LogP contribution < -0.4 is 15.4 Å². The molecule has 2 N–H and O–H groups in total. The molecule has 2 fully saturated rings. The van der Waals surface area contributed by atoms with Gasteiger partial charge in [0, 0.05) is 36.2 Å². The lowest BCUT2D eigenvalue weighted by atomic mass is 9.62. The Morgan fingerprint density at radius 1 is 1.05 bits per heavy atom. The quantitative estimate of drug-likeness (QED) is 0.120. The van der Waals surface area contributed by atoms with Crippen molar-refractivity contribution in [2.45, 2.75) is 94.5 Å². The van der Waals surface area contributed by atoms with Crippen LogP contribution in [0.5, 0.6) is 5.75 Å². The summed E-state index contributed by atoms with van der Waals surface area (Å²) in [5.41, 5.74) is 2.15. The minimum Gasteiger partial charge on any atom is -0.494 e. The Kier molecular flexibility index (Phi) is 10.1. The number of carbonyl (C=O) groups excluding carboxylic acids is 2. The number of carbonyl (C=O) groups is 2. The zero-order valence-electron chi connectivity index (χ0n) is 23.9. The fourth-order valence-corrected chi connectivity index (χ4v) is 7.14. The molecule has 0 unspecified atom stereocenters. The molecule has 5 rings (SSSR count). The van der Waals surface area contributed by atoms with E-state index in [1.54, 1.807) is 6.21 Å². The number of nitrogens with one attached hydrogen (secondary N) is 2. The number of hydrogen-bond acceptors (Lipinski definition) is 7. The van der Waals surface area contributed by atoms with Crippen LogP contribution in [0.25, 0.3) is 0 Å². The van der Waals surface area contributed by atoms with Gasteiger partial charge in [-0.2, -0.15) is 0 Å². The van der Waals surface area contributed by atoms with Crippen LogP contribution in [0.4, 0.5) is 16.2 Å². The van der Waals surface area contributed by atoms with Crippen molar-refractivity contribution in [3.8, 4) is 5.75 Å². The van der Waals surface area contributed by atoms with Crippen LogP contribution in [0.3, 0.4) is 0 Å². The van der Waals surface area contributed by atoms with Crippen LogP contribution in [-0.4, -0.2) is 24.8 Å². The van der Waals surface area contributed by atoms with Gasteiger partial charge >= 0.3 is 6.09 Å². The molecular weight excluding hydrogens is 538 g/mol. The highest BCUT2D eigenvalue weighted by Crippen LogP contribution is 2.55. The van der Waals surface area contributed by atoms with Crippen molar-refractivity contribution in [1.29, 1.82) is 0 Å². The molecule has 9 heteroatoms. The zero-order valence-corrected chi connectivity index (χ0v) is 24.7. The Balaban J connectivity index is 1.16. The fourth-order valence-electron chi connectivity index (χ4n) is 6.70. The highest BCUT2D eigenvalue weighted by molar-refractivity contribution is 7.94. The molecule has 0 saturated heterocycles. The van der Waals surface area contributed by atoms with Crippen LogP contribution in [0.2, 0.25) is 0 Å². The van der Waals surface area contributed by atoms with E-state index >= 15 is 0 Å². The van der Waals surface area contributed by atoms with Gasteiger partial charge in [0.15, 0.2) is 0 Å². The van der Waals surface area contributed by atoms with E-state index in [1.165, 1.54) is 45.4 Å². The maximum atomic E-state index is 12.9. The average Bonchev–Trinajstić information content (AvgIpc) is 2.99. The molecule has 2 aliphatic carbocycles. The van der Waals surface area contributed by atoms with Gasteiger partial charge in [0.1, 0.15) is 23.4 Å². The van der Waals surface area contributed by atoms with Crippen molar-refractivity contribution in [3.63, 3.8) is 0 Å². The first-order valence-electron chi connectivity index (χ1n) is 15.0. The summed E-state index contributed by atoms with van der Waals surface area (Å²) in [4.78, 5) is 24.9. The fraction of sp³-hybridized carbons (Fsp3) is 0.531. The van der Waals surface area contributed by atoms with Gasteiger partial charge < -0.3 is 19.1 Å². The smallest absolute Gasteiger partial charge is 0.412 e. The number of rotatable bonds is 11. The first-order valence-corrected chi connectivity index (χ1v) is 15.8. The molecule has 3 aliphatic rings. The molecule has 0 atom stereocenters. The highest BCUT2D eigenvalue weighted by Gasteiger charge is 2.53. The summed E-state index contributed by atoms with van der Waals surface area (Å²) in [7, 11) is 0. The number of fused-ring (bicyclic) bond motifs is 1. The number of unbranched alkanes of at least 4 members (excludes halogenated alkanes) is 1. The Bertz CT molecular complexity index is 1190. The summed E-state index contributed by atoms with van der Waals surface area (Å²) in [6.45, 7) is 2.03. The third-order valence-electron chi connectivity index (χ3n) is 8.51. The third kappa shape index (κ3) is 7.36. The molecule has 220 valence electrons. The summed E-state index contributed by atoms with van der Waals surface area (Å²) in [6.07, 6.45) is 14.7. The number of ether oxygens (including phenoxy) is 2. The third-order valence-corrected chi connectivity index (χ3v) is 9.13. The lowest BCUT2D eigenvalue weighted by molar-refractivity contribution is -0.114. The normalized spacial score (nSPS) is 19.2. The number of hydrogen-bond donors (Lipinski definition) is 2. The molecule has 0 radical (unpaired) electrons. The average molecular weight is 580 g/mol. The van der Waals surface area contributed by atoms with Gasteiger partial charge in [-0.25, -0.2) is 4.79 Å². The first kappa shape index (κ1) is 29.3. The highest BCUT2D eigenvalue weighted by atomic mass is 32.2. The standard InChI is InChI=1S/C32H41N3O5S/c1-23(36)34-26-14-17-28(18-15-26)41-40-33-20-8-9-21-38-27-16-19-30-29(22-27)32(39-31(37)35-30,24-10-4-2-5-11-24)25-12-6-3-7-13-25/h14-20,22,24-25H,2-13,21H2,1H3,(H,34,36)(H,35,37). The number of nitrogens with zero attached hydrogens (tertiary/aromatic N) is 1. The number of benzene rings is 2. The Morgan fingerprint density at radius 2 is 1.73 bits per heavy atom. The number of oxime groups is 1. The zero-order chi connectivity index (χ0) is 28.5. The van der Waals surface area contributed by atoms with Crippen molar-refractivity contribution in [3.05, 3.63) is 48.0 Å².